The number of carbonyl (C=O) groups is 2. The minimum atomic E-state index is 0.284. The fraction of sp³-hybridized carbons (Fsp3) is 0.600. The Kier molecular flexibility index (Phi) is 6.52. The third-order valence-corrected chi connectivity index (χ3v) is 9.95. The van der Waals surface area contributed by atoms with Crippen molar-refractivity contribution in [3.63, 3.8) is 0 Å². The lowest BCUT2D eigenvalue weighted by molar-refractivity contribution is -0.115. The van der Waals surface area contributed by atoms with Crippen LogP contribution in [0.4, 0.5) is 5.69 Å². The minimum Gasteiger partial charge on any atom is -0.396 e. The average Bonchev–Trinajstić information content (AvgIpc) is 3.17. The summed E-state index contributed by atoms with van der Waals surface area (Å²) in [5, 5.41) is 9.54. The third-order valence-electron chi connectivity index (χ3n) is 9.95. The molecule has 0 saturated heterocycles. The van der Waals surface area contributed by atoms with Gasteiger partial charge in [0.15, 0.2) is 11.5 Å². The smallest absolute Gasteiger partial charge is 0.253 e. The Morgan fingerprint density at radius 1 is 1.11 bits per heavy atom. The molecule has 5 nitrogen and oxygen atoms in total. The van der Waals surface area contributed by atoms with Crippen LogP contribution in [-0.2, 0) is 9.59 Å². The number of benzene rings is 1. The number of aliphatic hydroxyl groups is 1. The molecule has 0 bridgehead atoms. The lowest BCUT2D eigenvalue weighted by Crippen LogP contribution is -2.52. The molecule has 4 aliphatic carbocycles. The van der Waals surface area contributed by atoms with Gasteiger partial charge in [-0.3, -0.25) is 9.59 Å². The van der Waals surface area contributed by atoms with E-state index in [0.717, 1.165) is 50.6 Å². The highest BCUT2D eigenvalue weighted by Gasteiger charge is 2.56. The standard InChI is InChI=1S/C30H40N2O3/c1-30-18-27(20-6-10-23(11-7-20)32(2,3)31-19-34)29-25-14-12-24(35)17-21(25)8-13-26(29)28(30)15-9-22(30)5-4-16-33/h6-7,10-11,17,19,22,26-28,33H,4-5,8-9,12-16,18H2,1-3H3/p+1/t22-,26-,27+,28-,30+/m0/s1. The van der Waals surface area contributed by atoms with Crippen molar-refractivity contribution in [2.24, 2.45) is 23.2 Å². The van der Waals surface area contributed by atoms with Gasteiger partial charge in [-0.05, 0) is 97.3 Å². The third kappa shape index (κ3) is 4.21. The second-order valence-corrected chi connectivity index (χ2v) is 12.0. The van der Waals surface area contributed by atoms with Crippen molar-refractivity contribution in [1.29, 1.82) is 0 Å². The number of ketones is 1. The van der Waals surface area contributed by atoms with Gasteiger partial charge in [0.1, 0.15) is 0 Å². The second kappa shape index (κ2) is 9.33. The molecule has 5 atom stereocenters. The normalized spacial score (nSPS) is 32.5. The summed E-state index contributed by atoms with van der Waals surface area (Å²) in [5.74, 6) is 2.63. The zero-order chi connectivity index (χ0) is 24.8. The van der Waals surface area contributed by atoms with E-state index in [9.17, 15) is 14.7 Å². The summed E-state index contributed by atoms with van der Waals surface area (Å²) in [5.41, 5.74) is 10.00. The average molecular weight is 478 g/mol. The van der Waals surface area contributed by atoms with Crippen molar-refractivity contribution in [3.05, 3.63) is 52.6 Å². The van der Waals surface area contributed by atoms with Crippen LogP contribution in [-0.4, -0.2) is 38.0 Å². The van der Waals surface area contributed by atoms with Gasteiger partial charge in [0, 0.05) is 31.1 Å². The number of hydrogen-bond acceptors (Lipinski definition) is 3. The molecular formula is C30H41N2O3+. The van der Waals surface area contributed by atoms with E-state index in [1.54, 1.807) is 5.57 Å². The molecule has 35 heavy (non-hydrogen) atoms. The first-order valence-electron chi connectivity index (χ1n) is 13.5. The quantitative estimate of drug-likeness (QED) is 0.322. The number of nitrogens with zero attached hydrogens (tertiary/aromatic N) is 1. The van der Waals surface area contributed by atoms with Crippen LogP contribution in [0.15, 0.2) is 47.1 Å². The van der Waals surface area contributed by atoms with E-state index in [2.05, 4.69) is 36.6 Å². The number of allylic oxidation sites excluding steroid dienone is 4. The Bertz CT molecular complexity index is 1050. The number of aliphatic hydroxyl groups excluding tert-OH is 1. The van der Waals surface area contributed by atoms with Gasteiger partial charge in [0.2, 0.25) is 0 Å². The van der Waals surface area contributed by atoms with Crippen molar-refractivity contribution in [2.75, 3.05) is 20.7 Å². The van der Waals surface area contributed by atoms with Gasteiger partial charge >= 0.3 is 0 Å². The van der Waals surface area contributed by atoms with Crippen molar-refractivity contribution < 1.29 is 14.7 Å². The lowest BCUT2D eigenvalue weighted by Gasteiger charge is -2.53. The largest absolute Gasteiger partial charge is 0.396 e. The summed E-state index contributed by atoms with van der Waals surface area (Å²) in [6, 6.07) is 8.85. The van der Waals surface area contributed by atoms with Crippen molar-refractivity contribution in [1.82, 2.24) is 10.0 Å². The molecule has 2 fully saturated rings. The zero-order valence-electron chi connectivity index (χ0n) is 21.6. The van der Waals surface area contributed by atoms with Crippen molar-refractivity contribution in [2.45, 2.75) is 70.6 Å². The number of nitrogens with one attached hydrogen (secondary N) is 1. The van der Waals surface area contributed by atoms with Crippen molar-refractivity contribution in [3.8, 4) is 0 Å². The van der Waals surface area contributed by atoms with Gasteiger partial charge in [-0.25, -0.2) is 5.43 Å². The Labute approximate surface area is 209 Å². The minimum absolute atomic E-state index is 0.284. The van der Waals surface area contributed by atoms with Crippen LogP contribution in [0.1, 0.15) is 76.2 Å². The monoisotopic (exact) mass is 477 g/mol. The zero-order valence-corrected chi connectivity index (χ0v) is 21.6. The number of fused-ring (bicyclic) bond motifs is 4. The van der Waals surface area contributed by atoms with Gasteiger partial charge in [-0.1, -0.05) is 24.6 Å². The predicted molar refractivity (Wildman–Crippen MR) is 139 cm³/mol. The Balaban J connectivity index is 1.58. The van der Waals surface area contributed by atoms with Crippen LogP contribution in [0.25, 0.3) is 0 Å². The molecule has 1 amide bonds. The maximum Gasteiger partial charge on any atom is 0.253 e. The van der Waals surface area contributed by atoms with Gasteiger partial charge < -0.3 is 5.11 Å². The van der Waals surface area contributed by atoms with Crippen LogP contribution < -0.4 is 10.0 Å². The first-order chi connectivity index (χ1) is 16.8. The molecule has 0 heterocycles. The van der Waals surface area contributed by atoms with Gasteiger partial charge in [-0.2, -0.15) is 4.59 Å². The molecule has 5 rings (SSSR count). The molecule has 0 aliphatic heterocycles. The van der Waals surface area contributed by atoms with E-state index < -0.39 is 0 Å². The molecule has 2 N–H and O–H groups in total. The lowest BCUT2D eigenvalue weighted by atomic mass is 9.51. The summed E-state index contributed by atoms with van der Waals surface area (Å²) in [4.78, 5) is 23.3. The number of quaternary nitrogens is 1. The Morgan fingerprint density at radius 2 is 1.89 bits per heavy atom. The van der Waals surface area contributed by atoms with Crippen LogP contribution in [0.2, 0.25) is 0 Å². The Morgan fingerprint density at radius 3 is 2.60 bits per heavy atom. The molecule has 1 aromatic carbocycles. The van der Waals surface area contributed by atoms with E-state index in [1.807, 2.05) is 20.2 Å². The van der Waals surface area contributed by atoms with E-state index in [0.29, 0.717) is 34.7 Å². The first-order valence-corrected chi connectivity index (χ1v) is 13.5. The fourth-order valence-corrected chi connectivity index (χ4v) is 8.16. The van der Waals surface area contributed by atoms with E-state index in [-0.39, 0.29) is 17.8 Å². The van der Waals surface area contributed by atoms with Crippen LogP contribution in [0.3, 0.4) is 0 Å². The van der Waals surface area contributed by atoms with Gasteiger partial charge in [0.05, 0.1) is 14.1 Å². The predicted octanol–water partition coefficient (Wildman–Crippen LogP) is 5.20. The van der Waals surface area contributed by atoms with E-state index in [1.165, 1.54) is 29.6 Å². The molecule has 5 heteroatoms. The highest BCUT2D eigenvalue weighted by Crippen LogP contribution is 2.66. The SMILES string of the molecule is C[C@]12C[C@H](c3ccc([N+](C)(C)NC=O)cc3)C3=C4CCC(=O)C=C4CC[C@H]3[C@@H]1CC[C@@H]2CCCO. The number of amides is 1. The summed E-state index contributed by atoms with van der Waals surface area (Å²) < 4.78 is 0.309. The highest BCUT2D eigenvalue weighted by molar-refractivity contribution is 5.93. The molecule has 188 valence electrons. The molecular weight excluding hydrogens is 436 g/mol. The summed E-state index contributed by atoms with van der Waals surface area (Å²) in [7, 11) is 3.94. The highest BCUT2D eigenvalue weighted by atomic mass is 16.3. The van der Waals surface area contributed by atoms with Crippen molar-refractivity contribution >= 4 is 17.9 Å². The molecule has 0 spiro atoms. The molecule has 0 aromatic heterocycles. The summed E-state index contributed by atoms with van der Waals surface area (Å²) in [6.07, 6.45) is 12.2. The summed E-state index contributed by atoms with van der Waals surface area (Å²) in [6.45, 7) is 2.82. The summed E-state index contributed by atoms with van der Waals surface area (Å²) >= 11 is 0. The maximum absolute atomic E-state index is 12.2. The Hall–Kier alpha value is -2.24. The second-order valence-electron chi connectivity index (χ2n) is 12.0. The molecule has 1 aromatic rings. The first kappa shape index (κ1) is 24.5. The van der Waals surface area contributed by atoms with Crippen LogP contribution in [0, 0.1) is 23.2 Å². The molecule has 2 saturated carbocycles. The van der Waals surface area contributed by atoms with E-state index in [4.69, 9.17) is 0 Å². The fourth-order valence-electron chi connectivity index (χ4n) is 8.16. The molecule has 0 unspecified atom stereocenters. The van der Waals surface area contributed by atoms with Crippen LogP contribution >= 0.6 is 0 Å². The van der Waals surface area contributed by atoms with Gasteiger partial charge in [0.25, 0.3) is 6.41 Å². The van der Waals surface area contributed by atoms with Gasteiger partial charge in [-0.15, -0.1) is 0 Å². The topological polar surface area (TPSA) is 66.4 Å². The number of hydrogen-bond donors (Lipinski definition) is 2. The number of carbonyl (C=O) groups excluding carboxylic acids is 2. The van der Waals surface area contributed by atoms with Crippen LogP contribution in [0.5, 0.6) is 0 Å². The maximum atomic E-state index is 12.2. The number of rotatable bonds is 7. The van der Waals surface area contributed by atoms with E-state index >= 15 is 0 Å². The molecule has 4 aliphatic rings. The molecule has 0 radical (unpaired) electrons.